The van der Waals surface area contributed by atoms with E-state index in [2.05, 4.69) is 4.98 Å². The van der Waals surface area contributed by atoms with Crippen molar-refractivity contribution in [3.8, 4) is 11.9 Å². The monoisotopic (exact) mass is 182 g/mol. The Balaban J connectivity index is 2.84. The molecule has 0 aliphatic carbocycles. The summed E-state index contributed by atoms with van der Waals surface area (Å²) in [5.74, 6) is 0.420. The molecule has 62 valence electrons. The first-order valence-corrected chi connectivity index (χ1v) is 3.74. The average molecular weight is 183 g/mol. The van der Waals surface area contributed by atoms with Crippen molar-refractivity contribution in [1.82, 2.24) is 4.98 Å². The molecule has 0 bridgehead atoms. The minimum absolute atomic E-state index is 0.00577. The third-order valence-electron chi connectivity index (χ3n) is 1.29. The van der Waals surface area contributed by atoms with E-state index in [9.17, 15) is 0 Å². The van der Waals surface area contributed by atoms with Gasteiger partial charge in [0.1, 0.15) is 11.2 Å². The molecule has 0 radical (unpaired) electrons. The quantitative estimate of drug-likeness (QED) is 0.657. The van der Waals surface area contributed by atoms with Crippen molar-refractivity contribution in [2.24, 2.45) is 0 Å². The van der Waals surface area contributed by atoms with Crippen molar-refractivity contribution in [3.63, 3.8) is 0 Å². The summed E-state index contributed by atoms with van der Waals surface area (Å²) < 4.78 is 5.01. The highest BCUT2D eigenvalue weighted by molar-refractivity contribution is 6.29. The third-order valence-corrected chi connectivity index (χ3v) is 1.50. The van der Waals surface area contributed by atoms with Crippen LogP contribution in [0.5, 0.6) is 5.88 Å². The number of pyridine rings is 1. The molecule has 0 N–H and O–H groups in total. The van der Waals surface area contributed by atoms with Gasteiger partial charge in [0.25, 0.3) is 0 Å². The first kappa shape index (κ1) is 8.82. The van der Waals surface area contributed by atoms with Crippen LogP contribution in [0.1, 0.15) is 5.56 Å². The molecule has 0 atom stereocenters. The van der Waals surface area contributed by atoms with Gasteiger partial charge in [0.05, 0.1) is 0 Å². The van der Waals surface area contributed by atoms with Crippen LogP contribution in [-0.4, -0.2) is 11.6 Å². The Morgan fingerprint density at radius 1 is 1.67 bits per heavy atom. The van der Waals surface area contributed by atoms with E-state index in [1.54, 1.807) is 12.1 Å². The molecule has 0 aromatic carbocycles. The SMILES string of the molecule is Cc1ccc(Cl)nc1OCC#N. The largest absolute Gasteiger partial charge is 0.462 e. The summed E-state index contributed by atoms with van der Waals surface area (Å²) in [5.41, 5.74) is 0.870. The number of hydrogen-bond donors (Lipinski definition) is 0. The van der Waals surface area contributed by atoms with E-state index < -0.39 is 0 Å². The van der Waals surface area contributed by atoms with Gasteiger partial charge in [-0.1, -0.05) is 17.7 Å². The normalized spacial score (nSPS) is 9.08. The highest BCUT2D eigenvalue weighted by atomic mass is 35.5. The summed E-state index contributed by atoms with van der Waals surface area (Å²) in [5, 5.41) is 8.62. The van der Waals surface area contributed by atoms with Crippen LogP contribution in [0, 0.1) is 18.3 Å². The maximum absolute atomic E-state index is 8.25. The number of halogens is 1. The van der Waals surface area contributed by atoms with Gasteiger partial charge < -0.3 is 4.74 Å². The van der Waals surface area contributed by atoms with Gasteiger partial charge in [-0.3, -0.25) is 0 Å². The molecule has 4 heteroatoms. The van der Waals surface area contributed by atoms with E-state index in [0.29, 0.717) is 11.0 Å². The van der Waals surface area contributed by atoms with Crippen LogP contribution in [0.3, 0.4) is 0 Å². The zero-order chi connectivity index (χ0) is 8.97. The molecule has 0 aliphatic rings. The van der Waals surface area contributed by atoms with E-state index in [1.165, 1.54) is 0 Å². The Morgan fingerprint density at radius 2 is 2.42 bits per heavy atom. The molecule has 0 unspecified atom stereocenters. The Kier molecular flexibility index (Phi) is 2.89. The minimum atomic E-state index is -0.00577. The summed E-state index contributed by atoms with van der Waals surface area (Å²) in [6, 6.07) is 5.33. The molecule has 3 nitrogen and oxygen atoms in total. The number of nitriles is 1. The maximum atomic E-state index is 8.25. The number of rotatable bonds is 2. The maximum Gasteiger partial charge on any atom is 0.218 e. The zero-order valence-electron chi connectivity index (χ0n) is 6.54. The molecule has 1 heterocycles. The predicted molar refractivity (Wildman–Crippen MR) is 45.1 cm³/mol. The van der Waals surface area contributed by atoms with Crippen molar-refractivity contribution in [2.75, 3.05) is 6.61 Å². The lowest BCUT2D eigenvalue weighted by Crippen LogP contribution is -1.97. The highest BCUT2D eigenvalue weighted by Crippen LogP contribution is 2.17. The van der Waals surface area contributed by atoms with Gasteiger partial charge in [0.15, 0.2) is 6.61 Å². The van der Waals surface area contributed by atoms with Gasteiger partial charge >= 0.3 is 0 Å². The molecule has 0 saturated heterocycles. The standard InChI is InChI=1S/C8H7ClN2O/c1-6-2-3-7(9)11-8(6)12-5-4-10/h2-3H,5H2,1H3. The summed E-state index contributed by atoms with van der Waals surface area (Å²) in [6.07, 6.45) is 0. The zero-order valence-corrected chi connectivity index (χ0v) is 7.30. The number of ether oxygens (including phenoxy) is 1. The summed E-state index contributed by atoms with van der Waals surface area (Å²) in [4.78, 5) is 3.90. The van der Waals surface area contributed by atoms with Crippen LogP contribution >= 0.6 is 11.6 Å². The fourth-order valence-corrected chi connectivity index (χ4v) is 0.874. The molecule has 12 heavy (non-hydrogen) atoms. The fraction of sp³-hybridized carbons (Fsp3) is 0.250. The van der Waals surface area contributed by atoms with Gasteiger partial charge in [0.2, 0.25) is 5.88 Å². The molecule has 0 amide bonds. The van der Waals surface area contributed by atoms with Crippen LogP contribution in [0.2, 0.25) is 5.15 Å². The van der Waals surface area contributed by atoms with Gasteiger partial charge in [-0.05, 0) is 13.0 Å². The average Bonchev–Trinajstić information content (AvgIpc) is 2.07. The summed E-state index contributed by atoms with van der Waals surface area (Å²) >= 11 is 5.62. The van der Waals surface area contributed by atoms with Crippen LogP contribution in [-0.2, 0) is 0 Å². The molecule has 1 rings (SSSR count). The van der Waals surface area contributed by atoms with Gasteiger partial charge in [-0.15, -0.1) is 0 Å². The first-order chi connectivity index (χ1) is 5.74. The lowest BCUT2D eigenvalue weighted by molar-refractivity contribution is 0.351. The van der Waals surface area contributed by atoms with E-state index in [-0.39, 0.29) is 6.61 Å². The van der Waals surface area contributed by atoms with E-state index in [4.69, 9.17) is 21.6 Å². The second-order valence-corrected chi connectivity index (χ2v) is 2.59. The topological polar surface area (TPSA) is 45.9 Å². The number of hydrogen-bond acceptors (Lipinski definition) is 3. The van der Waals surface area contributed by atoms with Crippen molar-refractivity contribution in [2.45, 2.75) is 6.92 Å². The Bertz CT molecular complexity index is 319. The lowest BCUT2D eigenvalue weighted by atomic mass is 10.3. The van der Waals surface area contributed by atoms with E-state index in [1.807, 2.05) is 13.0 Å². The Hall–Kier alpha value is -1.27. The molecular weight excluding hydrogens is 176 g/mol. The first-order valence-electron chi connectivity index (χ1n) is 3.37. The Morgan fingerprint density at radius 3 is 3.08 bits per heavy atom. The molecular formula is C8H7ClN2O. The predicted octanol–water partition coefficient (Wildman–Crippen LogP) is 1.95. The van der Waals surface area contributed by atoms with E-state index >= 15 is 0 Å². The second kappa shape index (κ2) is 3.93. The molecule has 0 spiro atoms. The number of nitrogens with zero attached hydrogens (tertiary/aromatic N) is 2. The molecule has 0 saturated carbocycles. The van der Waals surface area contributed by atoms with Gasteiger partial charge in [0, 0.05) is 5.56 Å². The van der Waals surface area contributed by atoms with Crippen molar-refractivity contribution in [1.29, 1.82) is 5.26 Å². The lowest BCUT2D eigenvalue weighted by Gasteiger charge is -2.03. The summed E-state index contributed by atoms with van der Waals surface area (Å²) in [7, 11) is 0. The smallest absolute Gasteiger partial charge is 0.218 e. The minimum Gasteiger partial charge on any atom is -0.462 e. The molecule has 0 fully saturated rings. The highest BCUT2D eigenvalue weighted by Gasteiger charge is 2.00. The van der Waals surface area contributed by atoms with Crippen molar-refractivity contribution in [3.05, 3.63) is 22.8 Å². The second-order valence-electron chi connectivity index (χ2n) is 2.20. The van der Waals surface area contributed by atoms with E-state index in [0.717, 1.165) is 5.56 Å². The van der Waals surface area contributed by atoms with Crippen molar-refractivity contribution < 1.29 is 4.74 Å². The number of aromatic nitrogens is 1. The molecule has 1 aromatic rings. The Labute approximate surface area is 75.6 Å². The van der Waals surface area contributed by atoms with Crippen LogP contribution < -0.4 is 4.74 Å². The van der Waals surface area contributed by atoms with Gasteiger partial charge in [-0.25, -0.2) is 4.98 Å². The molecule has 0 aliphatic heterocycles. The van der Waals surface area contributed by atoms with Crippen LogP contribution in [0.4, 0.5) is 0 Å². The summed E-state index contributed by atoms with van der Waals surface area (Å²) in [6.45, 7) is 1.84. The van der Waals surface area contributed by atoms with Crippen LogP contribution in [0.25, 0.3) is 0 Å². The fourth-order valence-electron chi connectivity index (χ4n) is 0.734. The van der Waals surface area contributed by atoms with Crippen LogP contribution in [0.15, 0.2) is 12.1 Å². The van der Waals surface area contributed by atoms with Gasteiger partial charge in [-0.2, -0.15) is 5.26 Å². The third kappa shape index (κ3) is 2.11. The molecule has 1 aromatic heterocycles. The number of aryl methyl sites for hydroxylation is 1. The van der Waals surface area contributed by atoms with Crippen molar-refractivity contribution >= 4 is 11.6 Å².